The number of ether oxygens (including phenoxy) is 1. The Labute approximate surface area is 108 Å². The first kappa shape index (κ1) is 11.7. The third-order valence-corrected chi connectivity index (χ3v) is 2.76. The molecule has 0 atom stereocenters. The van der Waals surface area contributed by atoms with E-state index < -0.39 is 0 Å². The Morgan fingerprint density at radius 1 is 1.53 bits per heavy atom. The number of fused-ring (bicyclic) bond motifs is 1. The van der Waals surface area contributed by atoms with Crippen LogP contribution >= 0.6 is 0 Å². The average molecular weight is 263 g/mol. The minimum absolute atomic E-state index is 0.185. The Hall–Kier alpha value is -2.38. The Morgan fingerprint density at radius 3 is 3.21 bits per heavy atom. The first-order valence-electron chi connectivity index (χ1n) is 6.00. The van der Waals surface area contributed by atoms with E-state index in [4.69, 9.17) is 9.15 Å². The largest absolute Gasteiger partial charge is 0.477 e. The summed E-state index contributed by atoms with van der Waals surface area (Å²) >= 11 is 0. The van der Waals surface area contributed by atoms with Gasteiger partial charge in [-0.3, -0.25) is 4.79 Å². The van der Waals surface area contributed by atoms with Crippen LogP contribution in [0.15, 0.2) is 10.6 Å². The highest BCUT2D eigenvalue weighted by atomic mass is 16.5. The van der Waals surface area contributed by atoms with Crippen molar-refractivity contribution in [3.05, 3.63) is 23.5 Å². The first-order chi connectivity index (χ1) is 9.24. The molecule has 0 radical (unpaired) electrons. The summed E-state index contributed by atoms with van der Waals surface area (Å²) in [6.45, 7) is 3.25. The second-order valence-corrected chi connectivity index (χ2v) is 4.19. The molecule has 0 bridgehead atoms. The van der Waals surface area contributed by atoms with Crippen LogP contribution in [-0.2, 0) is 13.1 Å². The standard InChI is InChI=1S/C11H13N5O3/c1-7-14-15-9(19-7)6-12-10(17)8-5-13-16-3-2-4-18-11(8)16/h5H,2-4,6H2,1H3,(H,12,17). The molecule has 0 fully saturated rings. The summed E-state index contributed by atoms with van der Waals surface area (Å²) in [5, 5.41) is 14.3. The van der Waals surface area contributed by atoms with Crippen molar-refractivity contribution in [2.45, 2.75) is 26.4 Å². The lowest BCUT2D eigenvalue weighted by molar-refractivity contribution is 0.0940. The van der Waals surface area contributed by atoms with Gasteiger partial charge in [-0.2, -0.15) is 5.10 Å². The number of hydrogen-bond acceptors (Lipinski definition) is 6. The van der Waals surface area contributed by atoms with Gasteiger partial charge in [0.25, 0.3) is 5.91 Å². The smallest absolute Gasteiger partial charge is 0.258 e. The van der Waals surface area contributed by atoms with Gasteiger partial charge in [-0.15, -0.1) is 10.2 Å². The number of carbonyl (C=O) groups is 1. The summed E-state index contributed by atoms with van der Waals surface area (Å²) in [7, 11) is 0. The van der Waals surface area contributed by atoms with Gasteiger partial charge in [-0.25, -0.2) is 4.68 Å². The molecular formula is C11H13N5O3. The molecule has 1 aliphatic rings. The third-order valence-electron chi connectivity index (χ3n) is 2.76. The summed E-state index contributed by atoms with van der Waals surface area (Å²) in [5.74, 6) is 1.09. The third kappa shape index (κ3) is 2.28. The Bertz CT molecular complexity index is 603. The van der Waals surface area contributed by atoms with E-state index in [1.54, 1.807) is 11.6 Å². The molecule has 0 saturated carbocycles. The monoisotopic (exact) mass is 263 g/mol. The number of nitrogens with zero attached hydrogens (tertiary/aromatic N) is 4. The lowest BCUT2D eigenvalue weighted by atomic mass is 10.3. The molecule has 3 heterocycles. The van der Waals surface area contributed by atoms with Crippen LogP contribution in [0.2, 0.25) is 0 Å². The fourth-order valence-electron chi connectivity index (χ4n) is 1.88. The fraction of sp³-hybridized carbons (Fsp3) is 0.455. The number of aryl methyl sites for hydroxylation is 2. The molecule has 3 rings (SSSR count). The highest BCUT2D eigenvalue weighted by Crippen LogP contribution is 2.22. The molecule has 1 amide bonds. The molecule has 0 aliphatic carbocycles. The van der Waals surface area contributed by atoms with E-state index in [2.05, 4.69) is 20.6 Å². The van der Waals surface area contributed by atoms with E-state index in [1.165, 1.54) is 6.20 Å². The van der Waals surface area contributed by atoms with Gasteiger partial charge < -0.3 is 14.5 Å². The molecule has 0 unspecified atom stereocenters. The van der Waals surface area contributed by atoms with Crippen LogP contribution in [0.25, 0.3) is 0 Å². The second-order valence-electron chi connectivity index (χ2n) is 4.19. The van der Waals surface area contributed by atoms with E-state index in [1.807, 2.05) is 0 Å². The highest BCUT2D eigenvalue weighted by molar-refractivity contribution is 5.96. The molecule has 1 aliphatic heterocycles. The Balaban J connectivity index is 1.69. The van der Waals surface area contributed by atoms with Crippen LogP contribution in [0.3, 0.4) is 0 Å². The van der Waals surface area contributed by atoms with Gasteiger partial charge in [0.1, 0.15) is 5.56 Å². The number of rotatable bonds is 3. The number of carbonyl (C=O) groups excluding carboxylic acids is 1. The second kappa shape index (κ2) is 4.71. The van der Waals surface area contributed by atoms with Gasteiger partial charge in [0, 0.05) is 19.9 Å². The summed E-state index contributed by atoms with van der Waals surface area (Å²) in [5.41, 5.74) is 0.427. The van der Waals surface area contributed by atoms with Crippen LogP contribution in [-0.4, -0.2) is 32.5 Å². The van der Waals surface area contributed by atoms with Crippen molar-refractivity contribution in [2.24, 2.45) is 0 Å². The van der Waals surface area contributed by atoms with Crippen molar-refractivity contribution in [1.29, 1.82) is 0 Å². The summed E-state index contributed by atoms with van der Waals surface area (Å²) < 4.78 is 12.3. The zero-order chi connectivity index (χ0) is 13.2. The summed E-state index contributed by atoms with van der Waals surface area (Å²) in [6.07, 6.45) is 2.41. The minimum Gasteiger partial charge on any atom is -0.477 e. The molecule has 0 aromatic carbocycles. The predicted octanol–water partition coefficient (Wildman–Crippen LogP) is 0.287. The molecular weight excluding hydrogens is 250 g/mol. The van der Waals surface area contributed by atoms with Crippen molar-refractivity contribution in [3.63, 3.8) is 0 Å². The van der Waals surface area contributed by atoms with E-state index in [-0.39, 0.29) is 12.5 Å². The van der Waals surface area contributed by atoms with Crippen molar-refractivity contribution >= 4 is 5.91 Å². The van der Waals surface area contributed by atoms with Crippen molar-refractivity contribution in [1.82, 2.24) is 25.3 Å². The van der Waals surface area contributed by atoms with E-state index in [0.717, 1.165) is 13.0 Å². The predicted molar refractivity (Wildman–Crippen MR) is 62.5 cm³/mol. The van der Waals surface area contributed by atoms with E-state index in [0.29, 0.717) is 29.8 Å². The molecule has 1 N–H and O–H groups in total. The number of amides is 1. The van der Waals surface area contributed by atoms with Crippen LogP contribution in [0, 0.1) is 6.92 Å². The fourth-order valence-corrected chi connectivity index (χ4v) is 1.88. The highest BCUT2D eigenvalue weighted by Gasteiger charge is 2.21. The maximum atomic E-state index is 12.0. The van der Waals surface area contributed by atoms with Gasteiger partial charge in [0.2, 0.25) is 17.7 Å². The van der Waals surface area contributed by atoms with Crippen molar-refractivity contribution in [2.75, 3.05) is 6.61 Å². The SMILES string of the molecule is Cc1nnc(CNC(=O)c2cnn3c2OCCC3)o1. The van der Waals surface area contributed by atoms with Crippen LogP contribution in [0.1, 0.15) is 28.6 Å². The zero-order valence-corrected chi connectivity index (χ0v) is 10.4. The molecule has 2 aromatic heterocycles. The van der Waals surface area contributed by atoms with Crippen LogP contribution in [0.4, 0.5) is 0 Å². The van der Waals surface area contributed by atoms with E-state index in [9.17, 15) is 4.79 Å². The maximum absolute atomic E-state index is 12.0. The van der Waals surface area contributed by atoms with Gasteiger partial charge in [-0.05, 0) is 0 Å². The van der Waals surface area contributed by atoms with Gasteiger partial charge in [0.05, 0.1) is 19.3 Å². The van der Waals surface area contributed by atoms with E-state index >= 15 is 0 Å². The number of nitrogens with one attached hydrogen (secondary N) is 1. The van der Waals surface area contributed by atoms with Gasteiger partial charge in [-0.1, -0.05) is 0 Å². The molecule has 19 heavy (non-hydrogen) atoms. The summed E-state index contributed by atoms with van der Waals surface area (Å²) in [6, 6.07) is 0. The van der Waals surface area contributed by atoms with Gasteiger partial charge in [0.15, 0.2) is 0 Å². The van der Waals surface area contributed by atoms with Crippen LogP contribution < -0.4 is 10.1 Å². The molecule has 2 aromatic rings. The minimum atomic E-state index is -0.265. The summed E-state index contributed by atoms with van der Waals surface area (Å²) in [4.78, 5) is 12.0. The van der Waals surface area contributed by atoms with Crippen molar-refractivity contribution < 1.29 is 13.9 Å². The molecule has 8 heteroatoms. The zero-order valence-electron chi connectivity index (χ0n) is 10.4. The normalized spacial score (nSPS) is 13.7. The maximum Gasteiger partial charge on any atom is 0.258 e. The topological polar surface area (TPSA) is 95.1 Å². The molecule has 0 saturated heterocycles. The number of hydrogen-bond donors (Lipinski definition) is 1. The molecule has 0 spiro atoms. The molecule has 100 valence electrons. The lowest BCUT2D eigenvalue weighted by Crippen LogP contribution is -2.24. The molecule has 8 nitrogen and oxygen atoms in total. The average Bonchev–Trinajstić information content (AvgIpc) is 3.02. The van der Waals surface area contributed by atoms with Gasteiger partial charge >= 0.3 is 0 Å². The first-order valence-corrected chi connectivity index (χ1v) is 6.00. The van der Waals surface area contributed by atoms with Crippen LogP contribution in [0.5, 0.6) is 5.88 Å². The Morgan fingerprint density at radius 2 is 2.42 bits per heavy atom. The van der Waals surface area contributed by atoms with Crippen molar-refractivity contribution in [3.8, 4) is 5.88 Å². The lowest BCUT2D eigenvalue weighted by Gasteiger charge is -2.15. The number of aromatic nitrogens is 4. The quantitative estimate of drug-likeness (QED) is 0.855. The Kier molecular flexibility index (Phi) is 2.90.